The van der Waals surface area contributed by atoms with Crippen molar-refractivity contribution in [3.63, 3.8) is 0 Å². The topological polar surface area (TPSA) is 29.5 Å². The molecule has 1 aliphatic heterocycles. The third kappa shape index (κ3) is 3.03. The van der Waals surface area contributed by atoms with Crippen molar-refractivity contribution in [1.82, 2.24) is 0 Å². The molecule has 1 unspecified atom stereocenters. The summed E-state index contributed by atoms with van der Waals surface area (Å²) in [7, 11) is 0. The summed E-state index contributed by atoms with van der Waals surface area (Å²) in [5.74, 6) is 0.809. The lowest BCUT2D eigenvalue weighted by Crippen LogP contribution is -2.50. The summed E-state index contributed by atoms with van der Waals surface area (Å²) in [4.78, 5) is 0. The maximum atomic E-state index is 10.2. The molecular weight excluding hydrogens is 212 g/mol. The van der Waals surface area contributed by atoms with Crippen LogP contribution in [0.1, 0.15) is 66.2 Å². The van der Waals surface area contributed by atoms with E-state index in [1.807, 2.05) is 6.92 Å². The Balaban J connectivity index is 1.98. The van der Waals surface area contributed by atoms with Gasteiger partial charge in [0, 0.05) is 6.42 Å². The fraction of sp³-hybridized carbons (Fsp3) is 1.00. The lowest BCUT2D eigenvalue weighted by atomic mass is 9.65. The first-order valence-electron chi connectivity index (χ1n) is 7.09. The van der Waals surface area contributed by atoms with Crippen LogP contribution in [0.5, 0.6) is 0 Å². The van der Waals surface area contributed by atoms with Crippen LogP contribution in [0.3, 0.4) is 0 Å². The molecule has 1 aliphatic carbocycles. The van der Waals surface area contributed by atoms with Crippen molar-refractivity contribution >= 4 is 0 Å². The Hall–Kier alpha value is -0.0800. The quantitative estimate of drug-likeness (QED) is 0.702. The molecule has 2 nitrogen and oxygen atoms in total. The van der Waals surface area contributed by atoms with E-state index in [0.29, 0.717) is 5.41 Å². The summed E-state index contributed by atoms with van der Waals surface area (Å²) >= 11 is 0. The second kappa shape index (κ2) is 4.24. The monoisotopic (exact) mass is 240 g/mol. The maximum absolute atomic E-state index is 10.2. The SMILES string of the molecule is CC1(O)CCOC2(CCC(C(C)(C)C)CC2)C1. The van der Waals surface area contributed by atoms with Gasteiger partial charge in [0.1, 0.15) is 0 Å². The van der Waals surface area contributed by atoms with Crippen LogP contribution in [0.15, 0.2) is 0 Å². The molecule has 100 valence electrons. The van der Waals surface area contributed by atoms with E-state index in [1.165, 1.54) is 12.8 Å². The third-order valence-electron chi connectivity index (χ3n) is 4.87. The molecule has 1 saturated heterocycles. The van der Waals surface area contributed by atoms with Crippen molar-refractivity contribution in [2.24, 2.45) is 11.3 Å². The molecule has 2 heteroatoms. The van der Waals surface area contributed by atoms with Gasteiger partial charge < -0.3 is 9.84 Å². The molecule has 2 rings (SSSR count). The summed E-state index contributed by atoms with van der Waals surface area (Å²) in [5.41, 5.74) is -0.102. The van der Waals surface area contributed by atoms with Gasteiger partial charge in [-0.15, -0.1) is 0 Å². The number of aliphatic hydroxyl groups is 1. The highest BCUT2D eigenvalue weighted by molar-refractivity contribution is 4.97. The number of ether oxygens (including phenoxy) is 1. The van der Waals surface area contributed by atoms with Gasteiger partial charge >= 0.3 is 0 Å². The normalized spacial score (nSPS) is 43.9. The van der Waals surface area contributed by atoms with E-state index in [2.05, 4.69) is 20.8 Å². The Morgan fingerprint density at radius 1 is 1.12 bits per heavy atom. The Kier molecular flexibility index (Phi) is 3.33. The highest BCUT2D eigenvalue weighted by Crippen LogP contribution is 2.47. The van der Waals surface area contributed by atoms with E-state index in [1.54, 1.807) is 0 Å². The summed E-state index contributed by atoms with van der Waals surface area (Å²) < 4.78 is 6.04. The summed E-state index contributed by atoms with van der Waals surface area (Å²) in [6.07, 6.45) is 6.38. The maximum Gasteiger partial charge on any atom is 0.0710 e. The molecular formula is C15H28O2. The van der Waals surface area contributed by atoms with E-state index >= 15 is 0 Å². The molecule has 0 aromatic heterocycles. The largest absolute Gasteiger partial charge is 0.390 e. The Bertz CT molecular complexity index is 267. The van der Waals surface area contributed by atoms with Crippen molar-refractivity contribution < 1.29 is 9.84 Å². The molecule has 17 heavy (non-hydrogen) atoms. The van der Waals surface area contributed by atoms with Gasteiger partial charge in [0.25, 0.3) is 0 Å². The van der Waals surface area contributed by atoms with Crippen LogP contribution in [0, 0.1) is 11.3 Å². The van der Waals surface area contributed by atoms with Gasteiger partial charge in [-0.3, -0.25) is 0 Å². The molecule has 1 atom stereocenters. The molecule has 0 amide bonds. The number of hydrogen-bond donors (Lipinski definition) is 1. The number of hydrogen-bond acceptors (Lipinski definition) is 2. The van der Waals surface area contributed by atoms with Crippen LogP contribution in [0.4, 0.5) is 0 Å². The van der Waals surface area contributed by atoms with Gasteiger partial charge in [0.2, 0.25) is 0 Å². The minimum atomic E-state index is -0.507. The summed E-state index contributed by atoms with van der Waals surface area (Å²) in [6.45, 7) is 9.72. The van der Waals surface area contributed by atoms with Crippen LogP contribution in [-0.4, -0.2) is 22.9 Å². The zero-order valence-electron chi connectivity index (χ0n) is 11.9. The molecule has 1 N–H and O–H groups in total. The molecule has 0 aromatic rings. The van der Waals surface area contributed by atoms with Crippen LogP contribution in [-0.2, 0) is 4.74 Å². The van der Waals surface area contributed by atoms with Gasteiger partial charge in [-0.05, 0) is 50.4 Å². The average molecular weight is 240 g/mol. The highest BCUT2D eigenvalue weighted by atomic mass is 16.5. The Morgan fingerprint density at radius 3 is 2.18 bits per heavy atom. The van der Waals surface area contributed by atoms with Gasteiger partial charge in [0.05, 0.1) is 17.8 Å². The first-order chi connectivity index (χ1) is 7.73. The molecule has 1 saturated carbocycles. The van der Waals surface area contributed by atoms with Crippen molar-refractivity contribution in [3.8, 4) is 0 Å². The first kappa shape index (κ1) is 13.4. The molecule has 0 radical (unpaired) electrons. The number of rotatable bonds is 0. The second-order valence-electron chi connectivity index (χ2n) is 7.60. The van der Waals surface area contributed by atoms with Crippen molar-refractivity contribution in [2.75, 3.05) is 6.61 Å². The van der Waals surface area contributed by atoms with Gasteiger partial charge in [-0.2, -0.15) is 0 Å². The van der Waals surface area contributed by atoms with E-state index in [0.717, 1.165) is 38.2 Å². The smallest absolute Gasteiger partial charge is 0.0710 e. The van der Waals surface area contributed by atoms with Crippen LogP contribution >= 0.6 is 0 Å². The fourth-order valence-electron chi connectivity index (χ4n) is 3.65. The van der Waals surface area contributed by atoms with Crippen LogP contribution < -0.4 is 0 Å². The van der Waals surface area contributed by atoms with E-state index in [4.69, 9.17) is 4.74 Å². The van der Waals surface area contributed by atoms with Gasteiger partial charge in [-0.1, -0.05) is 20.8 Å². The average Bonchev–Trinajstić information content (AvgIpc) is 2.14. The lowest BCUT2D eigenvalue weighted by molar-refractivity contribution is -0.173. The Morgan fingerprint density at radius 2 is 1.71 bits per heavy atom. The third-order valence-corrected chi connectivity index (χ3v) is 4.87. The second-order valence-corrected chi connectivity index (χ2v) is 7.60. The van der Waals surface area contributed by atoms with Gasteiger partial charge in [-0.25, -0.2) is 0 Å². The molecule has 0 aromatic carbocycles. The molecule has 0 bridgehead atoms. The zero-order valence-corrected chi connectivity index (χ0v) is 11.9. The minimum Gasteiger partial charge on any atom is -0.390 e. The molecule has 2 fully saturated rings. The van der Waals surface area contributed by atoms with Crippen molar-refractivity contribution in [2.45, 2.75) is 77.4 Å². The Labute approximate surface area is 106 Å². The van der Waals surface area contributed by atoms with Crippen molar-refractivity contribution in [3.05, 3.63) is 0 Å². The van der Waals surface area contributed by atoms with E-state index < -0.39 is 5.60 Å². The predicted octanol–water partition coefficient (Wildman–Crippen LogP) is 3.52. The molecule has 2 aliphatic rings. The summed E-state index contributed by atoms with van der Waals surface area (Å²) in [6, 6.07) is 0. The zero-order chi connectivity index (χ0) is 12.7. The van der Waals surface area contributed by atoms with Crippen molar-refractivity contribution in [1.29, 1.82) is 0 Å². The van der Waals surface area contributed by atoms with Crippen LogP contribution in [0.25, 0.3) is 0 Å². The minimum absolute atomic E-state index is 0.0104. The molecule has 1 heterocycles. The van der Waals surface area contributed by atoms with Crippen LogP contribution in [0.2, 0.25) is 0 Å². The highest BCUT2D eigenvalue weighted by Gasteiger charge is 2.45. The fourth-order valence-corrected chi connectivity index (χ4v) is 3.65. The summed E-state index contributed by atoms with van der Waals surface area (Å²) in [5, 5.41) is 10.2. The van der Waals surface area contributed by atoms with Gasteiger partial charge in [0.15, 0.2) is 0 Å². The van der Waals surface area contributed by atoms with E-state index in [-0.39, 0.29) is 5.60 Å². The first-order valence-corrected chi connectivity index (χ1v) is 7.09. The lowest BCUT2D eigenvalue weighted by Gasteiger charge is -2.49. The molecule has 1 spiro atoms. The predicted molar refractivity (Wildman–Crippen MR) is 70.0 cm³/mol. The standard InChI is InChI=1S/C15H28O2/c1-13(2,3)12-5-7-15(8-6-12)11-14(4,16)9-10-17-15/h12,16H,5-11H2,1-4H3. The van der Waals surface area contributed by atoms with E-state index in [9.17, 15) is 5.11 Å².